The van der Waals surface area contributed by atoms with Crippen LogP contribution in [0.1, 0.15) is 16.7 Å². The van der Waals surface area contributed by atoms with Crippen LogP contribution in [0.5, 0.6) is 0 Å². The molecule has 0 amide bonds. The number of nitrogens with zero attached hydrogens (tertiary/aromatic N) is 2. The average molecular weight is 300 g/mol. The lowest BCUT2D eigenvalue weighted by Crippen LogP contribution is -2.31. The van der Waals surface area contributed by atoms with Crippen molar-refractivity contribution >= 4 is 0 Å². The van der Waals surface area contributed by atoms with Crippen molar-refractivity contribution in [1.82, 2.24) is 0 Å². The highest BCUT2D eigenvalue weighted by Crippen LogP contribution is 2.35. The van der Waals surface area contributed by atoms with E-state index >= 15 is 0 Å². The molecule has 23 heavy (non-hydrogen) atoms. The Kier molecular flexibility index (Phi) is 4.07. The topological polar surface area (TPSA) is 50.7 Å². The standard InChI is InChI=1S/C20H16N2O/c21-16-20(18-9-5-2-6-10-18,15-17-7-3-1-4-8-17)19-11-13-22(23)14-12-19/h1-14H,15H2/t20-/m0/s1. The molecule has 0 aliphatic heterocycles. The van der Waals surface area contributed by atoms with E-state index in [0.29, 0.717) is 6.42 Å². The molecule has 0 N–H and O–H groups in total. The van der Waals surface area contributed by atoms with Gasteiger partial charge in [0.2, 0.25) is 0 Å². The summed E-state index contributed by atoms with van der Waals surface area (Å²) in [6.07, 6.45) is 3.43. The molecule has 0 saturated carbocycles. The zero-order valence-electron chi connectivity index (χ0n) is 12.6. The van der Waals surface area contributed by atoms with Crippen molar-refractivity contribution in [2.75, 3.05) is 0 Å². The predicted octanol–water partition coefficient (Wildman–Crippen LogP) is 3.37. The zero-order valence-corrected chi connectivity index (χ0v) is 12.6. The van der Waals surface area contributed by atoms with Gasteiger partial charge in [-0.1, -0.05) is 60.7 Å². The number of hydrogen-bond acceptors (Lipinski definition) is 2. The van der Waals surface area contributed by atoms with Gasteiger partial charge in [0.05, 0.1) is 6.07 Å². The first-order valence-electron chi connectivity index (χ1n) is 7.45. The monoisotopic (exact) mass is 300 g/mol. The van der Waals surface area contributed by atoms with Crippen molar-refractivity contribution < 1.29 is 4.73 Å². The Hall–Kier alpha value is -3.12. The molecule has 0 fully saturated rings. The average Bonchev–Trinajstić information content (AvgIpc) is 2.62. The first-order chi connectivity index (χ1) is 11.2. The fourth-order valence-corrected chi connectivity index (χ4v) is 2.86. The van der Waals surface area contributed by atoms with Gasteiger partial charge in [-0.2, -0.15) is 9.99 Å². The molecule has 3 heteroatoms. The highest BCUT2D eigenvalue weighted by Gasteiger charge is 2.35. The van der Waals surface area contributed by atoms with Gasteiger partial charge in [0.1, 0.15) is 5.41 Å². The van der Waals surface area contributed by atoms with Crippen LogP contribution in [0.15, 0.2) is 85.2 Å². The molecule has 0 aliphatic rings. The van der Waals surface area contributed by atoms with Crippen LogP contribution >= 0.6 is 0 Å². The van der Waals surface area contributed by atoms with Gasteiger partial charge in [-0.05, 0) is 23.1 Å². The summed E-state index contributed by atoms with van der Waals surface area (Å²) in [5, 5.41) is 21.4. The zero-order chi connectivity index (χ0) is 16.1. The molecule has 3 rings (SSSR count). The van der Waals surface area contributed by atoms with E-state index in [-0.39, 0.29) is 0 Å². The maximum atomic E-state index is 11.4. The lowest BCUT2D eigenvalue weighted by molar-refractivity contribution is -0.605. The smallest absolute Gasteiger partial charge is 0.180 e. The highest BCUT2D eigenvalue weighted by molar-refractivity contribution is 5.47. The molecule has 3 aromatic rings. The third kappa shape index (κ3) is 2.93. The molecular weight excluding hydrogens is 284 g/mol. The number of hydrogen-bond donors (Lipinski definition) is 0. The van der Waals surface area contributed by atoms with Gasteiger partial charge >= 0.3 is 0 Å². The largest absolute Gasteiger partial charge is 0.619 e. The molecular formula is C20H16N2O. The van der Waals surface area contributed by atoms with Crippen LogP contribution in [0.2, 0.25) is 0 Å². The van der Waals surface area contributed by atoms with Gasteiger partial charge in [-0.25, -0.2) is 0 Å². The molecule has 0 bridgehead atoms. The maximum absolute atomic E-state index is 11.4. The molecule has 3 nitrogen and oxygen atoms in total. The Balaban J connectivity index is 2.16. The number of nitriles is 1. The van der Waals surface area contributed by atoms with Crippen LogP contribution < -0.4 is 4.73 Å². The van der Waals surface area contributed by atoms with Crippen molar-refractivity contribution in [3.8, 4) is 6.07 Å². The predicted molar refractivity (Wildman–Crippen MR) is 88.4 cm³/mol. The van der Waals surface area contributed by atoms with Crippen LogP contribution in [-0.4, -0.2) is 0 Å². The number of aromatic nitrogens is 1. The SMILES string of the molecule is N#C[C@@](Cc1ccccc1)(c1ccccc1)c1cc[n+]([O-])cc1. The third-order valence-corrected chi connectivity index (χ3v) is 4.06. The molecule has 0 unspecified atom stereocenters. The van der Waals surface area contributed by atoms with Crippen LogP contribution in [0, 0.1) is 16.5 Å². The summed E-state index contributed by atoms with van der Waals surface area (Å²) in [5.41, 5.74) is 2.01. The Bertz CT molecular complexity index is 808. The fraction of sp³-hybridized carbons (Fsp3) is 0.100. The van der Waals surface area contributed by atoms with Gasteiger partial charge in [0.25, 0.3) is 0 Å². The Labute approximate surface area is 135 Å². The Morgan fingerprint density at radius 1 is 0.826 bits per heavy atom. The van der Waals surface area contributed by atoms with E-state index in [0.717, 1.165) is 21.4 Å². The molecule has 0 saturated heterocycles. The fourth-order valence-electron chi connectivity index (χ4n) is 2.86. The summed E-state index contributed by atoms with van der Waals surface area (Å²) in [6, 6.07) is 25.6. The van der Waals surface area contributed by atoms with Crippen LogP contribution in [0.4, 0.5) is 0 Å². The highest BCUT2D eigenvalue weighted by atomic mass is 16.5. The van der Waals surface area contributed by atoms with E-state index in [9.17, 15) is 10.5 Å². The van der Waals surface area contributed by atoms with Gasteiger partial charge < -0.3 is 5.21 Å². The van der Waals surface area contributed by atoms with E-state index in [2.05, 4.69) is 6.07 Å². The number of rotatable bonds is 4. The Morgan fingerprint density at radius 2 is 1.35 bits per heavy atom. The van der Waals surface area contributed by atoms with Gasteiger partial charge in [-0.3, -0.25) is 0 Å². The number of benzene rings is 2. The van der Waals surface area contributed by atoms with E-state index in [1.807, 2.05) is 60.7 Å². The second kappa shape index (κ2) is 6.33. The van der Waals surface area contributed by atoms with Crippen LogP contribution in [0.25, 0.3) is 0 Å². The lowest BCUT2D eigenvalue weighted by Gasteiger charge is -2.27. The van der Waals surface area contributed by atoms with E-state index in [1.54, 1.807) is 12.1 Å². The molecule has 1 heterocycles. The minimum Gasteiger partial charge on any atom is -0.619 e. The summed E-state index contributed by atoms with van der Waals surface area (Å²) in [5.74, 6) is 0. The molecule has 1 aromatic heterocycles. The second-order valence-electron chi connectivity index (χ2n) is 5.49. The molecule has 2 aromatic carbocycles. The second-order valence-corrected chi connectivity index (χ2v) is 5.49. The maximum Gasteiger partial charge on any atom is 0.180 e. The van der Waals surface area contributed by atoms with Crippen LogP contribution in [-0.2, 0) is 11.8 Å². The van der Waals surface area contributed by atoms with Crippen molar-refractivity contribution in [3.05, 3.63) is 107 Å². The normalized spacial score (nSPS) is 13.0. The summed E-state index contributed by atoms with van der Waals surface area (Å²) in [4.78, 5) is 0. The third-order valence-electron chi connectivity index (χ3n) is 4.06. The molecule has 1 atom stereocenters. The van der Waals surface area contributed by atoms with Crippen molar-refractivity contribution in [1.29, 1.82) is 5.26 Å². The molecule has 0 aliphatic carbocycles. The quantitative estimate of drug-likeness (QED) is 0.548. The summed E-state index contributed by atoms with van der Waals surface area (Å²) in [6.45, 7) is 0. The van der Waals surface area contributed by atoms with Gasteiger partial charge in [0, 0.05) is 12.1 Å². The van der Waals surface area contributed by atoms with Crippen LogP contribution in [0.3, 0.4) is 0 Å². The Morgan fingerprint density at radius 3 is 1.91 bits per heavy atom. The number of pyridine rings is 1. The lowest BCUT2D eigenvalue weighted by atomic mass is 9.72. The van der Waals surface area contributed by atoms with E-state index < -0.39 is 5.41 Å². The minimum absolute atomic E-state index is 0.553. The molecule has 112 valence electrons. The van der Waals surface area contributed by atoms with E-state index in [1.165, 1.54) is 12.4 Å². The van der Waals surface area contributed by atoms with Gasteiger partial charge in [-0.15, -0.1) is 0 Å². The summed E-state index contributed by atoms with van der Waals surface area (Å²) < 4.78 is 0.735. The molecule has 0 radical (unpaired) electrons. The first kappa shape index (κ1) is 14.8. The van der Waals surface area contributed by atoms with Crippen molar-refractivity contribution in [2.24, 2.45) is 0 Å². The van der Waals surface area contributed by atoms with Gasteiger partial charge in [0.15, 0.2) is 12.4 Å². The molecule has 0 spiro atoms. The summed E-state index contributed by atoms with van der Waals surface area (Å²) >= 11 is 0. The van der Waals surface area contributed by atoms with Crippen molar-refractivity contribution in [2.45, 2.75) is 11.8 Å². The van der Waals surface area contributed by atoms with E-state index in [4.69, 9.17) is 0 Å². The first-order valence-corrected chi connectivity index (χ1v) is 7.45. The van der Waals surface area contributed by atoms with Crippen molar-refractivity contribution in [3.63, 3.8) is 0 Å². The minimum atomic E-state index is -0.823. The summed E-state index contributed by atoms with van der Waals surface area (Å²) in [7, 11) is 0.